The Morgan fingerprint density at radius 2 is 1.35 bits per heavy atom. The molecule has 2 atom stereocenters. The zero-order chi connectivity index (χ0) is 18.3. The highest BCUT2D eigenvalue weighted by atomic mass is 79.9. The largest absolute Gasteiger partial charge is 0.469 e. The predicted octanol–water partition coefficient (Wildman–Crippen LogP) is 6.10. The number of phosphoric acid groups is 1. The molecule has 0 aromatic rings. The lowest BCUT2D eigenvalue weighted by atomic mass is 9.74. The van der Waals surface area contributed by atoms with Crippen LogP contribution >= 0.6 is 119 Å². The molecule has 0 saturated carbocycles. The third-order valence-corrected chi connectivity index (χ3v) is 12.1. The first-order valence-corrected chi connectivity index (χ1v) is 15.0. The smallest absolute Gasteiger partial charge is 0.303 e. The summed E-state index contributed by atoms with van der Waals surface area (Å²) in [6.07, 6.45) is 1.49. The minimum Gasteiger partial charge on any atom is -0.303 e. The van der Waals surface area contributed by atoms with Crippen molar-refractivity contribution < 1.29 is 18.9 Å². The van der Waals surface area contributed by atoms with E-state index in [2.05, 4.69) is 112 Å². The van der Waals surface area contributed by atoms with Gasteiger partial charge in [0.2, 0.25) is 0 Å². The van der Waals surface area contributed by atoms with Crippen molar-refractivity contribution in [3.05, 3.63) is 0 Å². The molecule has 140 valence electrons. The third-order valence-electron chi connectivity index (χ3n) is 3.40. The van der Waals surface area contributed by atoms with Gasteiger partial charge in [0.1, 0.15) is 0 Å². The summed E-state index contributed by atoms with van der Waals surface area (Å²) >= 11 is 25.1. The minimum absolute atomic E-state index is 0.0803. The van der Waals surface area contributed by atoms with E-state index in [9.17, 15) is 4.57 Å². The molecule has 4 nitrogen and oxygen atoms in total. The standard InChI is InChI=1S/C11H18Br7O4P/c12-3-8(16)1-11(18,2-9(17)4-13)10(5-14,6-15)7-22-23(19,20)21/h8-9H,1-7H2,(H2,19,20,21). The second-order valence-electron chi connectivity index (χ2n) is 5.19. The molecular weight excluding hydrogens is 786 g/mol. The number of phosphoric ester groups is 1. The molecular formula is C11H18Br7O4P. The summed E-state index contributed by atoms with van der Waals surface area (Å²) in [5, 5.41) is 2.56. The Hall–Kier alpha value is 3.47. The second kappa shape index (κ2) is 12.1. The van der Waals surface area contributed by atoms with E-state index in [1.165, 1.54) is 0 Å². The fraction of sp³-hybridized carbons (Fsp3) is 1.00. The Morgan fingerprint density at radius 1 is 0.957 bits per heavy atom. The fourth-order valence-corrected chi connectivity index (χ4v) is 9.12. The molecule has 0 bridgehead atoms. The molecule has 0 rings (SSSR count). The minimum atomic E-state index is -4.54. The molecule has 2 N–H and O–H groups in total. The quantitative estimate of drug-likeness (QED) is 0.185. The van der Waals surface area contributed by atoms with E-state index in [1.54, 1.807) is 0 Å². The maximum atomic E-state index is 11.2. The van der Waals surface area contributed by atoms with Gasteiger partial charge < -0.3 is 9.79 Å². The molecule has 0 spiro atoms. The van der Waals surface area contributed by atoms with E-state index in [-0.39, 0.29) is 16.3 Å². The summed E-state index contributed by atoms with van der Waals surface area (Å²) in [4.78, 5) is 18.6. The van der Waals surface area contributed by atoms with E-state index < -0.39 is 17.6 Å². The highest BCUT2D eigenvalue weighted by molar-refractivity contribution is 9.12. The van der Waals surface area contributed by atoms with E-state index in [0.717, 1.165) is 23.5 Å². The van der Waals surface area contributed by atoms with Crippen LogP contribution in [0.5, 0.6) is 0 Å². The Bertz CT molecular complexity index is 379. The van der Waals surface area contributed by atoms with Crippen LogP contribution < -0.4 is 0 Å². The number of alkyl halides is 7. The lowest BCUT2D eigenvalue weighted by Crippen LogP contribution is -2.52. The predicted molar refractivity (Wildman–Crippen MR) is 122 cm³/mol. The summed E-state index contributed by atoms with van der Waals surface area (Å²) in [7, 11) is -4.54. The molecule has 0 fully saturated rings. The highest BCUT2D eigenvalue weighted by Gasteiger charge is 2.51. The summed E-state index contributed by atoms with van der Waals surface area (Å²) in [6.45, 7) is -0.0803. The highest BCUT2D eigenvalue weighted by Crippen LogP contribution is 2.52. The van der Waals surface area contributed by atoms with Gasteiger partial charge in [-0.1, -0.05) is 112 Å². The van der Waals surface area contributed by atoms with Gasteiger partial charge in [-0.15, -0.1) is 0 Å². The molecule has 2 unspecified atom stereocenters. The average molecular weight is 805 g/mol. The molecule has 0 aromatic carbocycles. The van der Waals surface area contributed by atoms with Gasteiger partial charge >= 0.3 is 7.82 Å². The summed E-state index contributed by atoms with van der Waals surface area (Å²) < 4.78 is 15.6. The lowest BCUT2D eigenvalue weighted by Gasteiger charge is -2.47. The Labute approximate surface area is 196 Å². The Balaban J connectivity index is 5.65. The van der Waals surface area contributed by atoms with Crippen molar-refractivity contribution in [3.8, 4) is 0 Å². The van der Waals surface area contributed by atoms with Crippen LogP contribution in [0.15, 0.2) is 0 Å². The molecule has 12 heteroatoms. The van der Waals surface area contributed by atoms with Crippen molar-refractivity contribution in [2.45, 2.75) is 26.8 Å². The Kier molecular flexibility index (Phi) is 14.0. The van der Waals surface area contributed by atoms with E-state index in [0.29, 0.717) is 10.7 Å². The summed E-state index contributed by atoms with van der Waals surface area (Å²) in [5.74, 6) is 0. The van der Waals surface area contributed by atoms with Crippen molar-refractivity contribution in [1.29, 1.82) is 0 Å². The molecule has 0 aromatic heterocycles. The monoisotopic (exact) mass is 798 g/mol. The van der Waals surface area contributed by atoms with Gasteiger partial charge in [0, 0.05) is 40.7 Å². The van der Waals surface area contributed by atoms with E-state index in [1.807, 2.05) is 0 Å². The van der Waals surface area contributed by atoms with Gasteiger partial charge in [-0.3, -0.25) is 4.52 Å². The van der Waals surface area contributed by atoms with E-state index in [4.69, 9.17) is 14.3 Å². The van der Waals surface area contributed by atoms with Crippen LogP contribution in [-0.4, -0.2) is 51.7 Å². The molecule has 23 heavy (non-hydrogen) atoms. The van der Waals surface area contributed by atoms with Crippen molar-refractivity contribution in [2.75, 3.05) is 27.9 Å². The van der Waals surface area contributed by atoms with Crippen LogP contribution in [0.25, 0.3) is 0 Å². The first-order valence-electron chi connectivity index (χ1n) is 6.40. The van der Waals surface area contributed by atoms with Crippen LogP contribution in [0, 0.1) is 5.41 Å². The van der Waals surface area contributed by atoms with Crippen molar-refractivity contribution >= 4 is 119 Å². The zero-order valence-electron chi connectivity index (χ0n) is 11.9. The number of rotatable bonds is 12. The summed E-state index contributed by atoms with van der Waals surface area (Å²) in [5.41, 5.74) is -0.559. The molecule has 0 aliphatic heterocycles. The number of hydrogen-bond donors (Lipinski definition) is 2. The van der Waals surface area contributed by atoms with Crippen LogP contribution in [0.3, 0.4) is 0 Å². The van der Waals surface area contributed by atoms with Gasteiger partial charge in [-0.05, 0) is 12.8 Å². The second-order valence-corrected chi connectivity index (χ2v) is 13.0. The average Bonchev–Trinajstić information content (AvgIpc) is 2.47. The van der Waals surface area contributed by atoms with Crippen LogP contribution in [0.2, 0.25) is 0 Å². The van der Waals surface area contributed by atoms with E-state index >= 15 is 0 Å². The first kappa shape index (κ1) is 26.5. The molecule has 0 aliphatic carbocycles. The van der Waals surface area contributed by atoms with Gasteiger partial charge in [0.05, 0.1) is 6.61 Å². The third kappa shape index (κ3) is 9.01. The van der Waals surface area contributed by atoms with Crippen LogP contribution in [0.4, 0.5) is 0 Å². The van der Waals surface area contributed by atoms with Crippen molar-refractivity contribution in [2.24, 2.45) is 5.41 Å². The molecule has 0 radical (unpaired) electrons. The Morgan fingerprint density at radius 3 is 1.61 bits per heavy atom. The maximum Gasteiger partial charge on any atom is 0.469 e. The zero-order valence-corrected chi connectivity index (χ0v) is 23.9. The van der Waals surface area contributed by atoms with Gasteiger partial charge in [0.25, 0.3) is 0 Å². The van der Waals surface area contributed by atoms with Crippen molar-refractivity contribution in [3.63, 3.8) is 0 Å². The molecule has 0 saturated heterocycles. The normalized spacial score (nSPS) is 18.5. The molecule has 0 aliphatic rings. The van der Waals surface area contributed by atoms with Gasteiger partial charge in [-0.25, -0.2) is 4.57 Å². The van der Waals surface area contributed by atoms with Gasteiger partial charge in [0.15, 0.2) is 0 Å². The SMILES string of the molecule is O=P(O)(O)OCC(CBr)(CBr)C(Br)(CC(Br)CBr)CC(Br)CBr. The number of hydrogen-bond acceptors (Lipinski definition) is 2. The fourth-order valence-electron chi connectivity index (χ4n) is 2.02. The van der Waals surface area contributed by atoms with Crippen LogP contribution in [0.1, 0.15) is 12.8 Å². The summed E-state index contributed by atoms with van der Waals surface area (Å²) in [6, 6.07) is 0. The molecule has 0 heterocycles. The lowest BCUT2D eigenvalue weighted by molar-refractivity contribution is 0.104. The molecule has 0 amide bonds. The number of halogens is 7. The van der Waals surface area contributed by atoms with Crippen molar-refractivity contribution in [1.82, 2.24) is 0 Å². The maximum absolute atomic E-state index is 11.2. The topological polar surface area (TPSA) is 66.8 Å². The first-order chi connectivity index (χ1) is 10.5. The van der Waals surface area contributed by atoms with Gasteiger partial charge in [-0.2, -0.15) is 0 Å². The van der Waals surface area contributed by atoms with Crippen LogP contribution in [-0.2, 0) is 9.09 Å².